The Labute approximate surface area is 188 Å². The van der Waals surface area contributed by atoms with Crippen LogP contribution in [-0.4, -0.2) is 45.8 Å². The normalized spacial score (nSPS) is 11.2. The van der Waals surface area contributed by atoms with Crippen molar-refractivity contribution in [3.63, 3.8) is 0 Å². The summed E-state index contributed by atoms with van der Waals surface area (Å²) in [6, 6.07) is 7.92. The average Bonchev–Trinajstić information content (AvgIpc) is 2.96. The van der Waals surface area contributed by atoms with Crippen molar-refractivity contribution in [1.82, 2.24) is 25.4 Å². The second kappa shape index (κ2) is 13.2. The number of nitrogens with zero attached hydrogens (tertiary/aromatic N) is 4. The van der Waals surface area contributed by atoms with Gasteiger partial charge < -0.3 is 15.2 Å². The largest absolute Gasteiger partial charge is 0.356 e. The zero-order valence-corrected chi connectivity index (χ0v) is 19.9. The molecule has 2 N–H and O–H groups in total. The molecule has 0 bridgehead atoms. The molecule has 0 saturated heterocycles. The van der Waals surface area contributed by atoms with Crippen molar-refractivity contribution < 1.29 is 0 Å². The summed E-state index contributed by atoms with van der Waals surface area (Å²) in [7, 11) is 1.95. The van der Waals surface area contributed by atoms with Gasteiger partial charge in [0.05, 0.1) is 0 Å². The highest BCUT2D eigenvalue weighted by atomic mass is 127. The minimum absolute atomic E-state index is 0. The van der Waals surface area contributed by atoms with E-state index in [9.17, 15) is 0 Å². The van der Waals surface area contributed by atoms with Crippen molar-refractivity contribution >= 4 is 53.3 Å². The van der Waals surface area contributed by atoms with Gasteiger partial charge in [-0.05, 0) is 43.4 Å². The van der Waals surface area contributed by atoms with Crippen molar-refractivity contribution in [2.45, 2.75) is 26.3 Å². The smallest absolute Gasteiger partial charge is 0.191 e. The maximum absolute atomic E-state index is 6.22. The van der Waals surface area contributed by atoms with Gasteiger partial charge in [-0.1, -0.05) is 29.8 Å². The first-order valence-corrected chi connectivity index (χ1v) is 10.5. The fourth-order valence-corrected chi connectivity index (χ4v) is 3.02. The number of rotatable bonds is 9. The van der Waals surface area contributed by atoms with Gasteiger partial charge in [0.1, 0.15) is 12.4 Å². The summed E-state index contributed by atoms with van der Waals surface area (Å²) in [5, 5.41) is 15.8. The zero-order valence-electron chi connectivity index (χ0n) is 16.0. The molecule has 0 saturated carbocycles. The SMILES string of the molecule is CSCCCNC(=NCc1nnc(C)n1C)NCCc1ccccc1Cl.I. The molecular formula is C18H28ClIN6S. The van der Waals surface area contributed by atoms with Gasteiger partial charge >= 0.3 is 0 Å². The molecule has 1 aromatic heterocycles. The molecule has 2 aromatic rings. The Hall–Kier alpha value is -1.000. The van der Waals surface area contributed by atoms with E-state index < -0.39 is 0 Å². The van der Waals surface area contributed by atoms with Crippen LogP contribution in [0.15, 0.2) is 29.3 Å². The number of aromatic nitrogens is 3. The average molecular weight is 523 g/mol. The molecule has 0 fully saturated rings. The molecule has 27 heavy (non-hydrogen) atoms. The number of hydrogen-bond donors (Lipinski definition) is 2. The number of aryl methyl sites for hydroxylation is 1. The fourth-order valence-electron chi connectivity index (χ4n) is 2.35. The lowest BCUT2D eigenvalue weighted by Crippen LogP contribution is -2.39. The maximum Gasteiger partial charge on any atom is 0.191 e. The van der Waals surface area contributed by atoms with Gasteiger partial charge in [-0.25, -0.2) is 4.99 Å². The van der Waals surface area contributed by atoms with Crippen molar-refractivity contribution in [2.75, 3.05) is 25.1 Å². The Morgan fingerprint density at radius 1 is 1.22 bits per heavy atom. The Morgan fingerprint density at radius 2 is 1.96 bits per heavy atom. The summed E-state index contributed by atoms with van der Waals surface area (Å²) in [6.07, 6.45) is 4.05. The summed E-state index contributed by atoms with van der Waals surface area (Å²) in [4.78, 5) is 4.65. The van der Waals surface area contributed by atoms with Crippen LogP contribution in [0.2, 0.25) is 5.02 Å². The first kappa shape index (κ1) is 24.0. The van der Waals surface area contributed by atoms with Gasteiger partial charge in [0.25, 0.3) is 0 Å². The monoisotopic (exact) mass is 522 g/mol. The lowest BCUT2D eigenvalue weighted by Gasteiger charge is -2.13. The lowest BCUT2D eigenvalue weighted by molar-refractivity contribution is 0.742. The molecule has 9 heteroatoms. The number of thioether (sulfide) groups is 1. The van der Waals surface area contributed by atoms with Crippen LogP contribution in [0.3, 0.4) is 0 Å². The molecule has 0 aliphatic rings. The van der Waals surface area contributed by atoms with Gasteiger partial charge in [-0.2, -0.15) is 11.8 Å². The third-order valence-electron chi connectivity index (χ3n) is 4.02. The predicted molar refractivity (Wildman–Crippen MR) is 126 cm³/mol. The molecule has 0 amide bonds. The van der Waals surface area contributed by atoms with Crippen molar-refractivity contribution in [2.24, 2.45) is 12.0 Å². The van der Waals surface area contributed by atoms with E-state index in [1.54, 1.807) is 0 Å². The molecule has 1 aromatic carbocycles. The van der Waals surface area contributed by atoms with Crippen LogP contribution in [0.4, 0.5) is 0 Å². The molecule has 2 rings (SSSR count). The quantitative estimate of drug-likeness (QED) is 0.229. The highest BCUT2D eigenvalue weighted by Crippen LogP contribution is 2.14. The topological polar surface area (TPSA) is 67.1 Å². The summed E-state index contributed by atoms with van der Waals surface area (Å²) in [6.45, 7) is 4.07. The molecule has 150 valence electrons. The molecule has 0 unspecified atom stereocenters. The summed E-state index contributed by atoms with van der Waals surface area (Å²) < 4.78 is 1.96. The van der Waals surface area contributed by atoms with Gasteiger partial charge in [0.15, 0.2) is 11.8 Å². The number of hydrogen-bond acceptors (Lipinski definition) is 4. The Kier molecular flexibility index (Phi) is 11.8. The highest BCUT2D eigenvalue weighted by Gasteiger charge is 2.05. The van der Waals surface area contributed by atoms with Gasteiger partial charge in [0.2, 0.25) is 0 Å². The van der Waals surface area contributed by atoms with E-state index in [0.29, 0.717) is 6.54 Å². The molecule has 0 spiro atoms. The van der Waals surface area contributed by atoms with Gasteiger partial charge in [-0.15, -0.1) is 34.2 Å². The number of benzene rings is 1. The van der Waals surface area contributed by atoms with Crippen molar-refractivity contribution in [1.29, 1.82) is 0 Å². The molecular weight excluding hydrogens is 495 g/mol. The number of aliphatic imine (C=N–C) groups is 1. The molecule has 0 radical (unpaired) electrons. The Balaban J connectivity index is 0.00000364. The summed E-state index contributed by atoms with van der Waals surface area (Å²) in [5.41, 5.74) is 1.13. The van der Waals surface area contributed by atoms with E-state index in [1.165, 1.54) is 0 Å². The molecule has 1 heterocycles. The van der Waals surface area contributed by atoms with Gasteiger partial charge in [0, 0.05) is 25.2 Å². The second-order valence-electron chi connectivity index (χ2n) is 5.93. The fraction of sp³-hybridized carbons (Fsp3) is 0.500. The van der Waals surface area contributed by atoms with E-state index in [1.807, 2.05) is 48.5 Å². The number of halogens is 2. The lowest BCUT2D eigenvalue weighted by atomic mass is 10.1. The maximum atomic E-state index is 6.22. The third kappa shape index (κ3) is 8.27. The van der Waals surface area contributed by atoms with E-state index >= 15 is 0 Å². The van der Waals surface area contributed by atoms with Crippen molar-refractivity contribution in [3.05, 3.63) is 46.5 Å². The first-order valence-electron chi connectivity index (χ1n) is 8.71. The van der Waals surface area contributed by atoms with E-state index in [2.05, 4.69) is 38.1 Å². The Morgan fingerprint density at radius 3 is 2.63 bits per heavy atom. The summed E-state index contributed by atoms with van der Waals surface area (Å²) >= 11 is 8.07. The first-order chi connectivity index (χ1) is 12.6. The van der Waals surface area contributed by atoms with Crippen molar-refractivity contribution in [3.8, 4) is 0 Å². The van der Waals surface area contributed by atoms with Crippen LogP contribution < -0.4 is 10.6 Å². The van der Waals surface area contributed by atoms with E-state index in [4.69, 9.17) is 11.6 Å². The predicted octanol–water partition coefficient (Wildman–Crippen LogP) is 3.43. The van der Waals surface area contributed by atoms with Crippen LogP contribution in [0.5, 0.6) is 0 Å². The number of guanidine groups is 1. The Bertz CT molecular complexity index is 722. The molecule has 0 aliphatic heterocycles. The highest BCUT2D eigenvalue weighted by molar-refractivity contribution is 14.0. The standard InChI is InChI=1S/C18H27ClN6S.HI/c1-14-23-24-17(25(14)2)13-22-18(20-10-6-12-26-3)21-11-9-15-7-4-5-8-16(15)19;/h4-5,7-8H,6,9-13H2,1-3H3,(H2,20,21,22);1H. The second-order valence-corrected chi connectivity index (χ2v) is 7.32. The number of nitrogens with one attached hydrogen (secondary N) is 2. The zero-order chi connectivity index (χ0) is 18.8. The summed E-state index contributed by atoms with van der Waals surface area (Å²) in [5.74, 6) is 3.65. The van der Waals surface area contributed by atoms with Crippen LogP contribution >= 0.6 is 47.3 Å². The molecule has 0 aliphatic carbocycles. The van der Waals surface area contributed by atoms with Crippen LogP contribution in [-0.2, 0) is 20.0 Å². The van der Waals surface area contributed by atoms with Gasteiger partial charge in [-0.3, -0.25) is 0 Å². The minimum Gasteiger partial charge on any atom is -0.356 e. The van der Waals surface area contributed by atoms with E-state index in [0.717, 1.165) is 59.9 Å². The minimum atomic E-state index is 0. The van der Waals surface area contributed by atoms with Crippen LogP contribution in [0.1, 0.15) is 23.6 Å². The molecule has 0 atom stereocenters. The third-order valence-corrected chi connectivity index (χ3v) is 5.09. The van der Waals surface area contributed by atoms with Crippen LogP contribution in [0.25, 0.3) is 0 Å². The molecule has 6 nitrogen and oxygen atoms in total. The van der Waals surface area contributed by atoms with Crippen LogP contribution in [0, 0.1) is 6.92 Å². The van der Waals surface area contributed by atoms with E-state index in [-0.39, 0.29) is 24.0 Å².